The summed E-state index contributed by atoms with van der Waals surface area (Å²) in [5, 5.41) is 1.93. The van der Waals surface area contributed by atoms with Gasteiger partial charge in [0.2, 0.25) is 0 Å². The molecular formula is C11H13N3O2S. The number of amidine groups is 1. The van der Waals surface area contributed by atoms with Gasteiger partial charge >= 0.3 is 5.97 Å². The van der Waals surface area contributed by atoms with E-state index in [1.54, 1.807) is 0 Å². The molecule has 0 bridgehead atoms. The van der Waals surface area contributed by atoms with E-state index in [4.69, 9.17) is 5.73 Å². The van der Waals surface area contributed by atoms with Crippen LogP contribution in [0.5, 0.6) is 0 Å². The van der Waals surface area contributed by atoms with Gasteiger partial charge in [-0.05, 0) is 18.2 Å². The largest absolute Gasteiger partial charge is 0.469 e. The summed E-state index contributed by atoms with van der Waals surface area (Å²) in [6.45, 7) is 3.46. The third-order valence-corrected chi connectivity index (χ3v) is 2.74. The highest BCUT2D eigenvalue weighted by molar-refractivity contribution is 7.11. The zero-order chi connectivity index (χ0) is 12.7. The number of nitrogens with zero attached hydrogens (tertiary/aromatic N) is 2. The first-order valence-corrected chi connectivity index (χ1v) is 5.65. The summed E-state index contributed by atoms with van der Waals surface area (Å²) in [5.41, 5.74) is 6.17. The fourth-order valence-corrected chi connectivity index (χ4v) is 1.72. The fourth-order valence-electron chi connectivity index (χ4n) is 1.02. The number of hydrogen-bond acceptors (Lipinski definition) is 5. The lowest BCUT2D eigenvalue weighted by molar-refractivity contribution is -0.139. The lowest BCUT2D eigenvalue weighted by Gasteiger charge is -1.98. The topological polar surface area (TPSA) is 77.0 Å². The van der Waals surface area contributed by atoms with Crippen molar-refractivity contribution in [1.82, 2.24) is 0 Å². The minimum atomic E-state index is -0.427. The standard InChI is InChI=1S/C11H13N3O2S/c1-13-8(9-4-3-5-17-9)7-14-10(12)6-11(15)16-2/h3-5,7H,1,6H2,2H3,(H2,12,14)/b8-7-. The van der Waals surface area contributed by atoms with Crippen molar-refractivity contribution in [2.24, 2.45) is 15.7 Å². The first-order valence-electron chi connectivity index (χ1n) is 4.77. The van der Waals surface area contributed by atoms with Gasteiger partial charge in [-0.15, -0.1) is 11.3 Å². The summed E-state index contributed by atoms with van der Waals surface area (Å²) in [4.78, 5) is 19.7. The maximum absolute atomic E-state index is 10.9. The molecule has 2 N–H and O–H groups in total. The van der Waals surface area contributed by atoms with Crippen molar-refractivity contribution in [2.75, 3.05) is 7.11 Å². The predicted molar refractivity (Wildman–Crippen MR) is 70.1 cm³/mol. The molecule has 90 valence electrons. The van der Waals surface area contributed by atoms with Gasteiger partial charge in [-0.2, -0.15) is 0 Å². The molecule has 0 aliphatic rings. The Kier molecular flexibility index (Phi) is 5.09. The zero-order valence-corrected chi connectivity index (χ0v) is 10.2. The van der Waals surface area contributed by atoms with Crippen LogP contribution in [0.15, 0.2) is 33.7 Å². The van der Waals surface area contributed by atoms with Crippen LogP contribution >= 0.6 is 11.3 Å². The molecule has 0 spiro atoms. The number of carbonyl (C=O) groups excluding carboxylic acids is 1. The number of hydrogen-bond donors (Lipinski definition) is 1. The van der Waals surface area contributed by atoms with Gasteiger partial charge in [0.15, 0.2) is 0 Å². The van der Waals surface area contributed by atoms with Crippen LogP contribution in [0.1, 0.15) is 11.3 Å². The molecule has 0 fully saturated rings. The van der Waals surface area contributed by atoms with E-state index in [0.29, 0.717) is 5.70 Å². The highest BCUT2D eigenvalue weighted by Gasteiger charge is 2.03. The Labute approximate surface area is 103 Å². The van der Waals surface area contributed by atoms with E-state index in [-0.39, 0.29) is 12.3 Å². The molecule has 0 unspecified atom stereocenters. The monoisotopic (exact) mass is 251 g/mol. The zero-order valence-electron chi connectivity index (χ0n) is 9.42. The van der Waals surface area contributed by atoms with Gasteiger partial charge in [-0.3, -0.25) is 9.79 Å². The number of methoxy groups -OCH3 is 1. The van der Waals surface area contributed by atoms with Gasteiger partial charge in [0.25, 0.3) is 0 Å². The first kappa shape index (κ1) is 13.1. The first-order chi connectivity index (χ1) is 8.17. The number of aliphatic imine (C=N–C) groups is 2. The molecule has 0 radical (unpaired) electrons. The molecule has 0 aliphatic heterocycles. The third kappa shape index (κ3) is 4.20. The molecule has 1 rings (SSSR count). The normalized spacial score (nSPS) is 12.3. The summed E-state index contributed by atoms with van der Waals surface area (Å²) in [6.07, 6.45) is 1.44. The van der Waals surface area contributed by atoms with Crippen LogP contribution in [0.4, 0.5) is 0 Å². The Balaban J connectivity index is 2.77. The Bertz CT molecular complexity index is 449. The number of rotatable bonds is 5. The van der Waals surface area contributed by atoms with Crippen LogP contribution < -0.4 is 5.73 Å². The molecule has 1 aromatic heterocycles. The highest BCUT2D eigenvalue weighted by atomic mass is 32.1. The average molecular weight is 251 g/mol. The van der Waals surface area contributed by atoms with Crippen molar-refractivity contribution in [3.8, 4) is 0 Å². The predicted octanol–water partition coefficient (Wildman–Crippen LogP) is 1.67. The molecule has 0 saturated heterocycles. The lowest BCUT2D eigenvalue weighted by atomic mass is 10.3. The van der Waals surface area contributed by atoms with Crippen LogP contribution in [-0.2, 0) is 9.53 Å². The smallest absolute Gasteiger partial charge is 0.313 e. The number of carbonyl (C=O) groups is 1. The summed E-state index contributed by atoms with van der Waals surface area (Å²) >= 11 is 1.52. The van der Waals surface area contributed by atoms with Gasteiger partial charge in [0.05, 0.1) is 23.9 Å². The van der Waals surface area contributed by atoms with Crippen molar-refractivity contribution in [3.05, 3.63) is 28.6 Å². The van der Waals surface area contributed by atoms with Crippen molar-refractivity contribution in [1.29, 1.82) is 0 Å². The van der Waals surface area contributed by atoms with E-state index < -0.39 is 5.97 Å². The van der Waals surface area contributed by atoms with Gasteiger partial charge < -0.3 is 10.5 Å². The maximum Gasteiger partial charge on any atom is 0.313 e. The minimum absolute atomic E-state index is 0.0398. The molecule has 6 heteroatoms. The second kappa shape index (κ2) is 6.59. The summed E-state index contributed by atoms with van der Waals surface area (Å²) < 4.78 is 4.47. The van der Waals surface area contributed by atoms with E-state index in [1.165, 1.54) is 24.6 Å². The number of ether oxygens (including phenoxy) is 1. The van der Waals surface area contributed by atoms with E-state index >= 15 is 0 Å². The SMILES string of the molecule is C=N/C(=C\N=C(N)CC(=O)OC)c1cccs1. The maximum atomic E-state index is 10.9. The molecular weight excluding hydrogens is 238 g/mol. The molecule has 0 aromatic carbocycles. The van der Waals surface area contributed by atoms with E-state index in [9.17, 15) is 4.79 Å². The molecule has 5 nitrogen and oxygen atoms in total. The van der Waals surface area contributed by atoms with Gasteiger partial charge in [-0.1, -0.05) is 6.07 Å². The van der Waals surface area contributed by atoms with Crippen LogP contribution in [-0.4, -0.2) is 25.6 Å². The quantitative estimate of drug-likeness (QED) is 0.491. The molecule has 0 aliphatic carbocycles. The molecule has 0 atom stereocenters. The Morgan fingerprint density at radius 3 is 3.00 bits per heavy atom. The second-order valence-corrected chi connectivity index (χ2v) is 3.97. The highest BCUT2D eigenvalue weighted by Crippen LogP contribution is 2.20. The van der Waals surface area contributed by atoms with Crippen molar-refractivity contribution in [2.45, 2.75) is 6.42 Å². The average Bonchev–Trinajstić information content (AvgIpc) is 2.83. The summed E-state index contributed by atoms with van der Waals surface area (Å²) in [7, 11) is 1.30. The van der Waals surface area contributed by atoms with Gasteiger partial charge in [0, 0.05) is 0 Å². The van der Waals surface area contributed by atoms with Crippen LogP contribution in [0.3, 0.4) is 0 Å². The summed E-state index contributed by atoms with van der Waals surface area (Å²) in [6, 6.07) is 3.80. The Hall–Kier alpha value is -1.95. The van der Waals surface area contributed by atoms with Crippen molar-refractivity contribution in [3.63, 3.8) is 0 Å². The third-order valence-electron chi connectivity index (χ3n) is 1.85. The van der Waals surface area contributed by atoms with Crippen LogP contribution in [0.2, 0.25) is 0 Å². The minimum Gasteiger partial charge on any atom is -0.469 e. The van der Waals surface area contributed by atoms with Gasteiger partial charge in [0.1, 0.15) is 12.3 Å². The second-order valence-electron chi connectivity index (χ2n) is 3.02. The number of esters is 1. The fraction of sp³-hybridized carbons (Fsp3) is 0.182. The molecule has 0 amide bonds. The lowest BCUT2D eigenvalue weighted by Crippen LogP contribution is -2.17. The molecule has 1 heterocycles. The van der Waals surface area contributed by atoms with Crippen LogP contribution in [0.25, 0.3) is 5.70 Å². The Morgan fingerprint density at radius 2 is 2.47 bits per heavy atom. The van der Waals surface area contributed by atoms with Gasteiger partial charge in [-0.25, -0.2) is 4.99 Å². The Morgan fingerprint density at radius 1 is 1.71 bits per heavy atom. The van der Waals surface area contributed by atoms with Crippen molar-refractivity contribution >= 4 is 35.6 Å². The number of thiophene rings is 1. The van der Waals surface area contributed by atoms with E-state index in [2.05, 4.69) is 21.4 Å². The van der Waals surface area contributed by atoms with E-state index in [1.807, 2.05) is 17.5 Å². The van der Waals surface area contributed by atoms with E-state index in [0.717, 1.165) is 4.88 Å². The molecule has 1 aromatic rings. The van der Waals surface area contributed by atoms with Crippen LogP contribution in [0, 0.1) is 0 Å². The molecule has 17 heavy (non-hydrogen) atoms. The van der Waals surface area contributed by atoms with Crippen molar-refractivity contribution < 1.29 is 9.53 Å². The number of nitrogens with two attached hydrogens (primary N) is 1. The molecule has 0 saturated carbocycles. The summed E-state index contributed by atoms with van der Waals surface area (Å²) in [5.74, 6) is -0.251.